The lowest BCUT2D eigenvalue weighted by Crippen LogP contribution is -2.46. The average molecular weight is 269 g/mol. The number of rotatable bonds is 6. The summed E-state index contributed by atoms with van der Waals surface area (Å²) in [7, 11) is 0. The van der Waals surface area contributed by atoms with E-state index in [9.17, 15) is 4.79 Å². The maximum Gasteiger partial charge on any atom is 0.220 e. The Kier molecular flexibility index (Phi) is 5.35. The molecule has 1 amide bonds. The molecule has 0 atom stereocenters. The van der Waals surface area contributed by atoms with Crippen molar-refractivity contribution in [3.8, 4) is 0 Å². The number of aryl methyl sites for hydroxylation is 3. The van der Waals surface area contributed by atoms with Crippen molar-refractivity contribution in [1.82, 2.24) is 5.32 Å². The number of hydrogen-bond acceptors (Lipinski definition) is 3. The molecule has 0 radical (unpaired) electrons. The average Bonchev–Trinajstić information content (AvgIpc) is 2.57. The molecule has 102 valence electrons. The van der Waals surface area contributed by atoms with Crippen molar-refractivity contribution < 1.29 is 9.90 Å². The van der Waals surface area contributed by atoms with Gasteiger partial charge in [0.2, 0.25) is 5.91 Å². The summed E-state index contributed by atoms with van der Waals surface area (Å²) in [5, 5.41) is 11.9. The lowest BCUT2D eigenvalue weighted by Gasteiger charge is -2.23. The molecular weight excluding hydrogens is 246 g/mol. The van der Waals surface area contributed by atoms with E-state index in [1.807, 2.05) is 25.2 Å². The molecule has 0 saturated heterocycles. The first-order valence-electron chi connectivity index (χ1n) is 6.32. The summed E-state index contributed by atoms with van der Waals surface area (Å²) < 4.78 is 0. The minimum absolute atomic E-state index is 0.0126. The van der Waals surface area contributed by atoms with E-state index in [1.54, 1.807) is 0 Å². The van der Waals surface area contributed by atoms with E-state index in [0.29, 0.717) is 6.42 Å². The van der Waals surface area contributed by atoms with E-state index in [0.717, 1.165) is 12.8 Å². The first-order valence-corrected chi connectivity index (χ1v) is 7.13. The number of aliphatic hydroxyl groups is 1. The van der Waals surface area contributed by atoms with Gasteiger partial charge < -0.3 is 10.4 Å². The monoisotopic (exact) mass is 269 g/mol. The molecule has 18 heavy (non-hydrogen) atoms. The molecule has 0 saturated carbocycles. The van der Waals surface area contributed by atoms with Gasteiger partial charge in [0.05, 0.1) is 12.1 Å². The van der Waals surface area contributed by atoms with Gasteiger partial charge in [-0.2, -0.15) is 0 Å². The number of aliphatic hydroxyl groups excluding tert-OH is 1. The van der Waals surface area contributed by atoms with Crippen LogP contribution in [0.5, 0.6) is 0 Å². The van der Waals surface area contributed by atoms with Crippen LogP contribution in [0.3, 0.4) is 0 Å². The second-order valence-electron chi connectivity index (χ2n) is 5.38. The predicted molar refractivity (Wildman–Crippen MR) is 76.0 cm³/mol. The zero-order chi connectivity index (χ0) is 13.8. The summed E-state index contributed by atoms with van der Waals surface area (Å²) in [6, 6.07) is 2.20. The third-order valence-corrected chi connectivity index (χ3v) is 3.88. The number of carbonyl (C=O) groups is 1. The predicted octanol–water partition coefficient (Wildman–Crippen LogP) is 2.57. The number of thiophene rings is 1. The Hall–Kier alpha value is -0.870. The van der Waals surface area contributed by atoms with Gasteiger partial charge in [-0.1, -0.05) is 0 Å². The van der Waals surface area contributed by atoms with Crippen LogP contribution in [0.4, 0.5) is 0 Å². The molecule has 1 aromatic rings. The molecule has 1 heterocycles. The highest BCUT2D eigenvalue weighted by molar-refractivity contribution is 7.12. The van der Waals surface area contributed by atoms with E-state index in [-0.39, 0.29) is 12.5 Å². The molecule has 0 aromatic carbocycles. The van der Waals surface area contributed by atoms with Crippen LogP contribution in [0.1, 0.15) is 42.0 Å². The molecule has 2 N–H and O–H groups in total. The van der Waals surface area contributed by atoms with Gasteiger partial charge >= 0.3 is 0 Å². The standard InChI is InChI=1S/C14H23NO2S/c1-10-8-12(11(2)18-10)6-5-7-13(17)15-14(3,4)9-16/h8,16H,5-7,9H2,1-4H3,(H,15,17). The molecule has 3 nitrogen and oxygen atoms in total. The molecule has 1 rings (SSSR count). The van der Waals surface area contributed by atoms with E-state index >= 15 is 0 Å². The smallest absolute Gasteiger partial charge is 0.220 e. The fourth-order valence-electron chi connectivity index (χ4n) is 1.85. The lowest BCUT2D eigenvalue weighted by molar-refractivity contribution is -0.123. The first kappa shape index (κ1) is 15.2. The molecule has 0 fully saturated rings. The summed E-state index contributed by atoms with van der Waals surface area (Å²) in [4.78, 5) is 14.4. The van der Waals surface area contributed by atoms with Crippen LogP contribution >= 0.6 is 11.3 Å². The van der Waals surface area contributed by atoms with Crippen molar-refractivity contribution in [1.29, 1.82) is 0 Å². The maximum absolute atomic E-state index is 11.7. The van der Waals surface area contributed by atoms with Crippen molar-refractivity contribution in [3.05, 3.63) is 21.4 Å². The zero-order valence-electron chi connectivity index (χ0n) is 11.7. The van der Waals surface area contributed by atoms with Crippen molar-refractivity contribution >= 4 is 17.2 Å². The van der Waals surface area contributed by atoms with Gasteiger partial charge in [-0.05, 0) is 52.2 Å². The highest BCUT2D eigenvalue weighted by Crippen LogP contribution is 2.22. The van der Waals surface area contributed by atoms with Gasteiger partial charge in [-0.3, -0.25) is 4.79 Å². The highest BCUT2D eigenvalue weighted by Gasteiger charge is 2.18. The van der Waals surface area contributed by atoms with Crippen LogP contribution in [0.2, 0.25) is 0 Å². The molecule has 0 bridgehead atoms. The molecule has 0 spiro atoms. The van der Waals surface area contributed by atoms with Crippen molar-refractivity contribution in [2.45, 2.75) is 52.5 Å². The van der Waals surface area contributed by atoms with Gasteiger partial charge in [-0.25, -0.2) is 0 Å². The SMILES string of the molecule is Cc1cc(CCCC(=O)NC(C)(C)CO)c(C)s1. The fourth-order valence-corrected chi connectivity index (χ4v) is 2.83. The Morgan fingerprint density at radius 1 is 1.44 bits per heavy atom. The summed E-state index contributed by atoms with van der Waals surface area (Å²) in [6.07, 6.45) is 2.31. The largest absolute Gasteiger partial charge is 0.394 e. The molecule has 1 aromatic heterocycles. The van der Waals surface area contributed by atoms with E-state index in [2.05, 4.69) is 25.2 Å². The molecule has 0 unspecified atom stereocenters. The normalized spacial score (nSPS) is 11.6. The summed E-state index contributed by atoms with van der Waals surface area (Å²) in [5.74, 6) is 0.0126. The lowest BCUT2D eigenvalue weighted by atomic mass is 10.1. The van der Waals surface area contributed by atoms with E-state index in [4.69, 9.17) is 5.11 Å². The Bertz CT molecular complexity index is 410. The maximum atomic E-state index is 11.7. The fraction of sp³-hybridized carbons (Fsp3) is 0.643. The quantitative estimate of drug-likeness (QED) is 0.834. The van der Waals surface area contributed by atoms with Crippen LogP contribution < -0.4 is 5.32 Å². The minimum atomic E-state index is -0.522. The van der Waals surface area contributed by atoms with Crippen LogP contribution in [0, 0.1) is 13.8 Å². The van der Waals surface area contributed by atoms with Crippen LogP contribution in [0.25, 0.3) is 0 Å². The van der Waals surface area contributed by atoms with Crippen molar-refractivity contribution in [2.75, 3.05) is 6.61 Å². The van der Waals surface area contributed by atoms with E-state index in [1.165, 1.54) is 15.3 Å². The molecule has 0 aliphatic carbocycles. The van der Waals surface area contributed by atoms with Gasteiger partial charge in [0.25, 0.3) is 0 Å². The van der Waals surface area contributed by atoms with Crippen LogP contribution in [-0.2, 0) is 11.2 Å². The van der Waals surface area contributed by atoms with Gasteiger partial charge in [0.1, 0.15) is 0 Å². The first-order chi connectivity index (χ1) is 8.34. The Morgan fingerprint density at radius 2 is 2.11 bits per heavy atom. The summed E-state index contributed by atoms with van der Waals surface area (Å²) >= 11 is 1.81. The van der Waals surface area contributed by atoms with Crippen LogP contribution in [-0.4, -0.2) is 23.2 Å². The molecule has 4 heteroatoms. The van der Waals surface area contributed by atoms with Crippen LogP contribution in [0.15, 0.2) is 6.07 Å². The number of carbonyl (C=O) groups excluding carboxylic acids is 1. The minimum Gasteiger partial charge on any atom is -0.394 e. The Labute approximate surface area is 113 Å². The number of amides is 1. The zero-order valence-corrected chi connectivity index (χ0v) is 12.5. The number of hydrogen-bond donors (Lipinski definition) is 2. The third kappa shape index (κ3) is 4.78. The van der Waals surface area contributed by atoms with Gasteiger partial charge in [0, 0.05) is 16.2 Å². The van der Waals surface area contributed by atoms with Gasteiger partial charge in [-0.15, -0.1) is 11.3 Å². The summed E-state index contributed by atoms with van der Waals surface area (Å²) in [6.45, 7) is 7.83. The van der Waals surface area contributed by atoms with Gasteiger partial charge in [0.15, 0.2) is 0 Å². The molecule has 0 aliphatic heterocycles. The van der Waals surface area contributed by atoms with Crippen molar-refractivity contribution in [3.63, 3.8) is 0 Å². The Morgan fingerprint density at radius 3 is 2.61 bits per heavy atom. The number of nitrogens with one attached hydrogen (secondary N) is 1. The summed E-state index contributed by atoms with van der Waals surface area (Å²) in [5.41, 5.74) is 0.832. The van der Waals surface area contributed by atoms with Crippen molar-refractivity contribution in [2.24, 2.45) is 0 Å². The second kappa shape index (κ2) is 6.34. The second-order valence-corrected chi connectivity index (χ2v) is 6.84. The topological polar surface area (TPSA) is 49.3 Å². The third-order valence-electron chi connectivity index (χ3n) is 2.87. The molecular formula is C14H23NO2S. The highest BCUT2D eigenvalue weighted by atomic mass is 32.1. The molecule has 0 aliphatic rings. The van der Waals surface area contributed by atoms with E-state index < -0.39 is 5.54 Å². The Balaban J connectivity index is 2.34.